The Morgan fingerprint density at radius 2 is 1.82 bits per heavy atom. The monoisotopic (exact) mass is 441 g/mol. The smallest absolute Gasteiger partial charge is 0.578 e. The van der Waals surface area contributed by atoms with Gasteiger partial charge in [-0.25, -0.2) is 15.0 Å². The SMILES string of the molecule is CCSc1cc(C(F)(F)F)cnc1-c1nc2cc([S+]([O-])C(F)(F)F)cnc2o1. The van der Waals surface area contributed by atoms with E-state index in [2.05, 4.69) is 15.0 Å². The first-order valence-electron chi connectivity index (χ1n) is 7.46. The molecule has 0 spiro atoms. The molecule has 28 heavy (non-hydrogen) atoms. The second kappa shape index (κ2) is 7.44. The van der Waals surface area contributed by atoms with Crippen LogP contribution in [0.5, 0.6) is 0 Å². The van der Waals surface area contributed by atoms with Gasteiger partial charge in [-0.3, -0.25) is 0 Å². The minimum atomic E-state index is -4.97. The Morgan fingerprint density at radius 1 is 1.11 bits per heavy atom. The van der Waals surface area contributed by atoms with Gasteiger partial charge in [0.25, 0.3) is 0 Å². The van der Waals surface area contributed by atoms with Gasteiger partial charge in [0.2, 0.25) is 11.6 Å². The molecule has 3 aromatic rings. The number of fused-ring (bicyclic) bond motifs is 1. The Morgan fingerprint density at radius 3 is 2.43 bits per heavy atom. The molecule has 0 amide bonds. The lowest BCUT2D eigenvalue weighted by atomic mass is 10.2. The molecule has 0 radical (unpaired) electrons. The Kier molecular flexibility index (Phi) is 5.51. The van der Waals surface area contributed by atoms with Gasteiger partial charge in [-0.2, -0.15) is 13.2 Å². The van der Waals surface area contributed by atoms with Crippen LogP contribution in [0.3, 0.4) is 0 Å². The van der Waals surface area contributed by atoms with Crippen LogP contribution < -0.4 is 0 Å². The van der Waals surface area contributed by atoms with Crippen molar-refractivity contribution in [2.24, 2.45) is 0 Å². The lowest BCUT2D eigenvalue weighted by molar-refractivity contribution is -0.138. The summed E-state index contributed by atoms with van der Waals surface area (Å²) in [6.45, 7) is 1.72. The number of alkyl halides is 6. The first-order chi connectivity index (χ1) is 13.0. The number of halogens is 6. The van der Waals surface area contributed by atoms with Crippen molar-refractivity contribution in [1.29, 1.82) is 0 Å². The van der Waals surface area contributed by atoms with E-state index in [9.17, 15) is 30.9 Å². The van der Waals surface area contributed by atoms with E-state index in [1.807, 2.05) is 0 Å². The summed E-state index contributed by atoms with van der Waals surface area (Å²) in [6, 6.07) is 1.79. The highest BCUT2D eigenvalue weighted by atomic mass is 32.2. The summed E-state index contributed by atoms with van der Waals surface area (Å²) in [5.74, 6) is 0.227. The van der Waals surface area contributed by atoms with Crippen molar-refractivity contribution in [3.63, 3.8) is 0 Å². The van der Waals surface area contributed by atoms with E-state index < -0.39 is 33.3 Å². The van der Waals surface area contributed by atoms with Crippen LogP contribution in [-0.4, -0.2) is 30.8 Å². The van der Waals surface area contributed by atoms with Crippen LogP contribution in [0, 0.1) is 0 Å². The molecule has 1 unspecified atom stereocenters. The molecular weight excluding hydrogens is 432 g/mol. The Bertz CT molecular complexity index is 1010. The Labute approximate surface area is 160 Å². The normalized spacial score (nSPS) is 13.9. The van der Waals surface area contributed by atoms with Crippen LogP contribution in [-0.2, 0) is 17.4 Å². The number of hydrogen-bond donors (Lipinski definition) is 0. The Balaban J connectivity index is 2.06. The fourth-order valence-electron chi connectivity index (χ4n) is 2.17. The molecule has 0 aliphatic heterocycles. The molecule has 0 fully saturated rings. The summed E-state index contributed by atoms with van der Waals surface area (Å²) in [6.07, 6.45) is -3.24. The van der Waals surface area contributed by atoms with Crippen molar-refractivity contribution < 1.29 is 35.3 Å². The van der Waals surface area contributed by atoms with E-state index in [-0.39, 0.29) is 27.7 Å². The minimum absolute atomic E-state index is 0.00339. The number of nitrogens with zero attached hydrogens (tertiary/aromatic N) is 3. The van der Waals surface area contributed by atoms with Gasteiger partial charge in [-0.1, -0.05) is 6.92 Å². The number of pyridine rings is 2. The van der Waals surface area contributed by atoms with Crippen molar-refractivity contribution in [2.45, 2.75) is 28.4 Å². The average Bonchev–Trinajstić information content (AvgIpc) is 3.02. The molecular formula is C15H9F6N3O2S2. The van der Waals surface area contributed by atoms with Gasteiger partial charge in [0, 0.05) is 17.2 Å². The van der Waals surface area contributed by atoms with Gasteiger partial charge in [0.1, 0.15) is 22.4 Å². The van der Waals surface area contributed by atoms with Gasteiger partial charge in [0.05, 0.1) is 11.8 Å². The molecule has 3 aromatic heterocycles. The molecule has 0 bridgehead atoms. The zero-order valence-electron chi connectivity index (χ0n) is 13.8. The summed E-state index contributed by atoms with van der Waals surface area (Å²) in [5.41, 5.74) is -6.21. The van der Waals surface area contributed by atoms with E-state index in [1.54, 1.807) is 6.92 Å². The molecule has 150 valence electrons. The lowest BCUT2D eigenvalue weighted by Crippen LogP contribution is -2.23. The van der Waals surface area contributed by atoms with Crippen molar-refractivity contribution in [1.82, 2.24) is 15.0 Å². The van der Waals surface area contributed by atoms with Crippen LogP contribution >= 0.6 is 11.8 Å². The van der Waals surface area contributed by atoms with Crippen LogP contribution in [0.4, 0.5) is 26.3 Å². The summed E-state index contributed by atoms with van der Waals surface area (Å²) in [4.78, 5) is 10.9. The van der Waals surface area contributed by atoms with Crippen LogP contribution in [0.2, 0.25) is 0 Å². The lowest BCUT2D eigenvalue weighted by Gasteiger charge is -2.10. The summed E-state index contributed by atoms with van der Waals surface area (Å²) >= 11 is -2.23. The van der Waals surface area contributed by atoms with E-state index in [4.69, 9.17) is 4.42 Å². The third-order valence-corrected chi connectivity index (χ3v) is 5.31. The molecule has 0 aliphatic rings. The van der Waals surface area contributed by atoms with E-state index >= 15 is 0 Å². The molecule has 13 heteroatoms. The molecule has 3 rings (SSSR count). The number of hydrogen-bond acceptors (Lipinski definition) is 6. The molecule has 5 nitrogen and oxygen atoms in total. The third-order valence-electron chi connectivity index (χ3n) is 3.33. The number of thioether (sulfide) groups is 1. The van der Waals surface area contributed by atoms with Gasteiger partial charge in [0.15, 0.2) is 4.90 Å². The average molecular weight is 441 g/mol. The van der Waals surface area contributed by atoms with Crippen LogP contribution in [0.15, 0.2) is 38.7 Å². The number of oxazole rings is 1. The Hall–Kier alpha value is -1.99. The van der Waals surface area contributed by atoms with Gasteiger partial charge in [-0.05, 0) is 11.8 Å². The molecule has 0 saturated carbocycles. The van der Waals surface area contributed by atoms with Crippen molar-refractivity contribution in [3.05, 3.63) is 30.1 Å². The minimum Gasteiger partial charge on any atom is -0.604 e. The zero-order valence-corrected chi connectivity index (χ0v) is 15.4. The predicted molar refractivity (Wildman–Crippen MR) is 88.9 cm³/mol. The maximum atomic E-state index is 12.9. The van der Waals surface area contributed by atoms with E-state index in [0.29, 0.717) is 11.9 Å². The van der Waals surface area contributed by atoms with Crippen LogP contribution in [0.25, 0.3) is 22.8 Å². The largest absolute Gasteiger partial charge is 0.604 e. The molecule has 0 saturated heterocycles. The fourth-order valence-corrected chi connectivity index (χ4v) is 3.60. The van der Waals surface area contributed by atoms with Crippen molar-refractivity contribution in [2.75, 3.05) is 5.75 Å². The van der Waals surface area contributed by atoms with Gasteiger partial charge >= 0.3 is 11.7 Å². The maximum absolute atomic E-state index is 12.9. The second-order valence-corrected chi connectivity index (χ2v) is 8.01. The quantitative estimate of drug-likeness (QED) is 0.321. The molecule has 0 N–H and O–H groups in total. The van der Waals surface area contributed by atoms with Crippen molar-refractivity contribution >= 4 is 34.2 Å². The van der Waals surface area contributed by atoms with Gasteiger partial charge < -0.3 is 8.97 Å². The summed E-state index contributed by atoms with van der Waals surface area (Å²) in [5, 5.41) is 0. The fraction of sp³-hybridized carbons (Fsp3) is 0.267. The number of rotatable bonds is 4. The number of aromatic nitrogens is 3. The maximum Gasteiger partial charge on any atom is 0.578 e. The zero-order chi connectivity index (χ0) is 20.7. The van der Waals surface area contributed by atoms with E-state index in [1.165, 1.54) is 0 Å². The third kappa shape index (κ3) is 4.20. The standard InChI is InChI=1S/C15H9F6N3O2S2/c1-2-27-10-3-7(14(16,17)18)5-22-11(10)13-24-9-4-8(6-23-12(9)26-13)28(25)15(19,20)21/h3-6H,2H2,1H3. The highest BCUT2D eigenvalue weighted by Gasteiger charge is 2.46. The second-order valence-electron chi connectivity index (χ2n) is 5.23. The van der Waals surface area contributed by atoms with E-state index in [0.717, 1.165) is 30.1 Å². The first kappa shape index (κ1) is 20.7. The highest BCUT2D eigenvalue weighted by Crippen LogP contribution is 2.37. The molecule has 0 aliphatic carbocycles. The molecule has 1 atom stereocenters. The van der Waals surface area contributed by atoms with Crippen molar-refractivity contribution in [3.8, 4) is 11.6 Å². The summed E-state index contributed by atoms with van der Waals surface area (Å²) in [7, 11) is 0. The molecule has 0 aromatic carbocycles. The highest BCUT2D eigenvalue weighted by molar-refractivity contribution is 7.99. The van der Waals surface area contributed by atoms with Crippen LogP contribution in [0.1, 0.15) is 12.5 Å². The topological polar surface area (TPSA) is 74.9 Å². The predicted octanol–water partition coefficient (Wildman–Crippen LogP) is 5.04. The summed E-state index contributed by atoms with van der Waals surface area (Å²) < 4.78 is 93.3. The first-order valence-corrected chi connectivity index (χ1v) is 9.60. The molecule has 3 heterocycles. The van der Waals surface area contributed by atoms with Gasteiger partial charge in [-0.15, -0.1) is 24.9 Å².